The zero-order chi connectivity index (χ0) is 13.7. The number of methoxy groups -OCH3 is 1. The fraction of sp³-hybridized carbons (Fsp3) is 0.571. The van der Waals surface area contributed by atoms with Crippen molar-refractivity contribution < 1.29 is 24.4 Å². The predicted octanol–water partition coefficient (Wildman–Crippen LogP) is 0.686. The van der Waals surface area contributed by atoms with E-state index in [4.69, 9.17) is 14.2 Å². The zero-order valence-corrected chi connectivity index (χ0v) is 10.9. The Morgan fingerprint density at radius 2 is 2.00 bits per heavy atom. The summed E-state index contributed by atoms with van der Waals surface area (Å²) in [5, 5.41) is 19.3. The van der Waals surface area contributed by atoms with Gasteiger partial charge in [0.05, 0.1) is 25.4 Å². The van der Waals surface area contributed by atoms with Crippen LogP contribution in [0.4, 0.5) is 0 Å². The number of aliphatic hydroxyl groups is 2. The molecule has 2 rings (SSSR count). The lowest BCUT2D eigenvalue weighted by atomic mass is 10.0. The smallest absolute Gasteiger partial charge is 0.186 e. The van der Waals surface area contributed by atoms with E-state index >= 15 is 0 Å². The molecule has 2 N–H and O–H groups in total. The molecule has 4 atom stereocenters. The summed E-state index contributed by atoms with van der Waals surface area (Å²) in [6.45, 7) is 0.857. The van der Waals surface area contributed by atoms with Gasteiger partial charge in [-0.3, -0.25) is 0 Å². The minimum absolute atomic E-state index is 0.271. The van der Waals surface area contributed by atoms with Crippen LogP contribution in [0.1, 0.15) is 12.0 Å². The predicted molar refractivity (Wildman–Crippen MR) is 68.4 cm³/mol. The second-order valence-electron chi connectivity index (χ2n) is 4.66. The van der Waals surface area contributed by atoms with Gasteiger partial charge in [0.15, 0.2) is 6.29 Å². The molecule has 5 heteroatoms. The van der Waals surface area contributed by atoms with Gasteiger partial charge in [0.2, 0.25) is 0 Å². The van der Waals surface area contributed by atoms with Gasteiger partial charge >= 0.3 is 0 Å². The van der Waals surface area contributed by atoms with Crippen molar-refractivity contribution in [2.45, 2.75) is 37.6 Å². The maximum atomic E-state index is 9.70. The number of rotatable bonds is 5. The molecule has 1 aromatic carbocycles. The molecule has 1 aromatic rings. The maximum absolute atomic E-state index is 9.70. The Morgan fingerprint density at radius 1 is 1.26 bits per heavy atom. The molecule has 0 amide bonds. The standard InChI is InChI=1S/C14H20O5/c1-17-14-13(16)12(15)7-11(19-14)9-18-8-10-5-3-2-4-6-10/h2-6,11-16H,7-9H2,1H3/t11-,12+,13-,14-/m1/s1. The maximum Gasteiger partial charge on any atom is 0.186 e. The Bertz CT molecular complexity index is 369. The summed E-state index contributed by atoms with van der Waals surface area (Å²) in [6, 6.07) is 9.83. The van der Waals surface area contributed by atoms with Crippen LogP contribution in [0.3, 0.4) is 0 Å². The topological polar surface area (TPSA) is 68.2 Å². The molecule has 1 fully saturated rings. The highest BCUT2D eigenvalue weighted by molar-refractivity contribution is 5.13. The van der Waals surface area contributed by atoms with Gasteiger partial charge in [-0.15, -0.1) is 0 Å². The number of hydrogen-bond acceptors (Lipinski definition) is 5. The van der Waals surface area contributed by atoms with Gasteiger partial charge in [-0.25, -0.2) is 0 Å². The minimum atomic E-state index is -1.00. The lowest BCUT2D eigenvalue weighted by molar-refractivity contribution is -0.264. The minimum Gasteiger partial charge on any atom is -0.390 e. The van der Waals surface area contributed by atoms with Gasteiger partial charge in [-0.1, -0.05) is 30.3 Å². The molecule has 1 heterocycles. The van der Waals surface area contributed by atoms with E-state index in [1.165, 1.54) is 7.11 Å². The molecular formula is C14H20O5. The molecule has 1 aliphatic rings. The summed E-state index contributed by atoms with van der Waals surface area (Å²) in [6.07, 6.45) is -2.57. The molecule has 0 saturated carbocycles. The van der Waals surface area contributed by atoms with Crippen LogP contribution in [0.25, 0.3) is 0 Å². The Balaban J connectivity index is 1.77. The van der Waals surface area contributed by atoms with Crippen LogP contribution in [0.15, 0.2) is 30.3 Å². The van der Waals surface area contributed by atoms with Gasteiger partial charge in [-0.2, -0.15) is 0 Å². The Labute approximate surface area is 112 Å². The average Bonchev–Trinajstić information content (AvgIpc) is 2.43. The number of hydrogen-bond donors (Lipinski definition) is 2. The van der Waals surface area contributed by atoms with Crippen molar-refractivity contribution in [3.05, 3.63) is 35.9 Å². The molecule has 0 bridgehead atoms. The first-order chi connectivity index (χ1) is 9.20. The van der Waals surface area contributed by atoms with E-state index in [0.717, 1.165) is 5.56 Å². The quantitative estimate of drug-likeness (QED) is 0.822. The van der Waals surface area contributed by atoms with Gasteiger partial charge < -0.3 is 24.4 Å². The average molecular weight is 268 g/mol. The molecule has 0 radical (unpaired) electrons. The van der Waals surface area contributed by atoms with Crippen LogP contribution < -0.4 is 0 Å². The fourth-order valence-corrected chi connectivity index (χ4v) is 2.10. The van der Waals surface area contributed by atoms with Crippen molar-refractivity contribution >= 4 is 0 Å². The first-order valence-corrected chi connectivity index (χ1v) is 6.36. The van der Waals surface area contributed by atoms with Crippen molar-refractivity contribution in [1.29, 1.82) is 0 Å². The molecule has 0 unspecified atom stereocenters. The van der Waals surface area contributed by atoms with E-state index in [0.29, 0.717) is 19.6 Å². The van der Waals surface area contributed by atoms with Crippen LogP contribution in [-0.2, 0) is 20.8 Å². The number of aliphatic hydroxyl groups excluding tert-OH is 2. The van der Waals surface area contributed by atoms with E-state index in [1.807, 2.05) is 30.3 Å². The highest BCUT2D eigenvalue weighted by atomic mass is 16.7. The molecule has 19 heavy (non-hydrogen) atoms. The summed E-state index contributed by atoms with van der Waals surface area (Å²) in [7, 11) is 1.44. The Hall–Kier alpha value is -0.980. The summed E-state index contributed by atoms with van der Waals surface area (Å²) in [4.78, 5) is 0. The first-order valence-electron chi connectivity index (χ1n) is 6.36. The fourth-order valence-electron chi connectivity index (χ4n) is 2.10. The van der Waals surface area contributed by atoms with Crippen LogP contribution in [-0.4, -0.2) is 48.5 Å². The van der Waals surface area contributed by atoms with Crippen molar-refractivity contribution in [2.75, 3.05) is 13.7 Å². The number of ether oxygens (including phenoxy) is 3. The monoisotopic (exact) mass is 268 g/mol. The van der Waals surface area contributed by atoms with Crippen molar-refractivity contribution in [3.8, 4) is 0 Å². The zero-order valence-electron chi connectivity index (χ0n) is 10.9. The molecular weight excluding hydrogens is 248 g/mol. The second kappa shape index (κ2) is 6.98. The van der Waals surface area contributed by atoms with E-state index < -0.39 is 18.5 Å². The van der Waals surface area contributed by atoms with Gasteiger partial charge in [0.25, 0.3) is 0 Å². The second-order valence-corrected chi connectivity index (χ2v) is 4.66. The van der Waals surface area contributed by atoms with Crippen molar-refractivity contribution in [2.24, 2.45) is 0 Å². The largest absolute Gasteiger partial charge is 0.390 e. The van der Waals surface area contributed by atoms with Gasteiger partial charge in [0.1, 0.15) is 6.10 Å². The molecule has 0 aromatic heterocycles. The van der Waals surface area contributed by atoms with Crippen molar-refractivity contribution in [3.63, 3.8) is 0 Å². The third kappa shape index (κ3) is 3.99. The highest BCUT2D eigenvalue weighted by Gasteiger charge is 2.36. The molecule has 106 valence electrons. The molecule has 1 aliphatic heterocycles. The summed E-state index contributed by atoms with van der Waals surface area (Å²) in [5.41, 5.74) is 1.09. The highest BCUT2D eigenvalue weighted by Crippen LogP contribution is 2.21. The Kier molecular flexibility index (Phi) is 5.30. The van der Waals surface area contributed by atoms with E-state index in [9.17, 15) is 10.2 Å². The molecule has 1 saturated heterocycles. The van der Waals surface area contributed by atoms with Gasteiger partial charge in [-0.05, 0) is 5.56 Å². The first kappa shape index (κ1) is 14.4. The summed E-state index contributed by atoms with van der Waals surface area (Å²) < 4.78 is 16.0. The van der Waals surface area contributed by atoms with Crippen LogP contribution in [0.5, 0.6) is 0 Å². The van der Waals surface area contributed by atoms with Crippen LogP contribution >= 0.6 is 0 Å². The van der Waals surface area contributed by atoms with E-state index in [1.54, 1.807) is 0 Å². The van der Waals surface area contributed by atoms with Gasteiger partial charge in [0, 0.05) is 13.5 Å². The molecule has 5 nitrogen and oxygen atoms in total. The normalized spacial score (nSPS) is 31.3. The SMILES string of the molecule is CO[C@@H]1O[C@@H](COCc2ccccc2)C[C@H](O)[C@H]1O. The molecule has 0 spiro atoms. The third-order valence-electron chi connectivity index (χ3n) is 3.15. The Morgan fingerprint density at radius 3 is 2.68 bits per heavy atom. The third-order valence-corrected chi connectivity index (χ3v) is 3.15. The molecule has 0 aliphatic carbocycles. The van der Waals surface area contributed by atoms with Crippen LogP contribution in [0.2, 0.25) is 0 Å². The van der Waals surface area contributed by atoms with Crippen molar-refractivity contribution in [1.82, 2.24) is 0 Å². The van der Waals surface area contributed by atoms with E-state index in [2.05, 4.69) is 0 Å². The summed E-state index contributed by atoms with van der Waals surface area (Å²) in [5.74, 6) is 0. The lowest BCUT2D eigenvalue weighted by Crippen LogP contribution is -2.50. The lowest BCUT2D eigenvalue weighted by Gasteiger charge is -2.36. The number of benzene rings is 1. The van der Waals surface area contributed by atoms with Crippen LogP contribution in [0, 0.1) is 0 Å². The van der Waals surface area contributed by atoms with E-state index in [-0.39, 0.29) is 6.10 Å². The summed E-state index contributed by atoms with van der Waals surface area (Å²) >= 11 is 0.